The molecule has 4 rings (SSSR count). The molecule has 3 aromatic rings. The number of nitrogens with zero attached hydrogens (tertiary/aromatic N) is 6. The van der Waals surface area contributed by atoms with Crippen molar-refractivity contribution in [1.29, 1.82) is 0 Å². The van der Waals surface area contributed by atoms with Crippen LogP contribution in [0.4, 0.5) is 0 Å². The molecule has 0 atom stereocenters. The third-order valence-corrected chi connectivity index (χ3v) is 8.43. The zero-order valence-corrected chi connectivity index (χ0v) is 21.0. The monoisotopic (exact) mass is 484 g/mol. The molecule has 3 heterocycles. The Morgan fingerprint density at radius 2 is 1.71 bits per heavy atom. The van der Waals surface area contributed by atoms with Gasteiger partial charge in [0.2, 0.25) is 0 Å². The summed E-state index contributed by atoms with van der Waals surface area (Å²) in [7, 11) is -3.52. The summed E-state index contributed by atoms with van der Waals surface area (Å²) in [6.45, 7) is 9.79. The Bertz CT molecular complexity index is 1260. The maximum atomic E-state index is 13.7. The van der Waals surface area contributed by atoms with Gasteiger partial charge in [-0.2, -0.15) is 22.1 Å². The number of rotatable bonds is 7. The molecule has 182 valence electrons. The third kappa shape index (κ3) is 4.45. The standard InChI is InChI=1S/C24H32N6O3S/c1-5-28(6-2)34(32,33)29-14-12-27(13-15-29)24(31)20-16-22(19-10-8-7-9-11-19)26-23-21(20)17-25-30(23)18(3)4/h7-11,16-18H,5-6,12-15H2,1-4H3. The largest absolute Gasteiger partial charge is 0.336 e. The molecule has 0 unspecified atom stereocenters. The van der Waals surface area contributed by atoms with Crippen molar-refractivity contribution in [1.82, 2.24) is 28.3 Å². The van der Waals surface area contributed by atoms with E-state index in [1.807, 2.05) is 68.8 Å². The van der Waals surface area contributed by atoms with Gasteiger partial charge in [0.15, 0.2) is 5.65 Å². The maximum Gasteiger partial charge on any atom is 0.282 e. The van der Waals surface area contributed by atoms with Crippen LogP contribution in [0.2, 0.25) is 0 Å². The molecule has 0 radical (unpaired) electrons. The number of hydrogen-bond acceptors (Lipinski definition) is 5. The van der Waals surface area contributed by atoms with E-state index in [2.05, 4.69) is 5.10 Å². The normalized spacial score (nSPS) is 15.5. The van der Waals surface area contributed by atoms with E-state index in [4.69, 9.17) is 4.98 Å². The molecule has 0 N–H and O–H groups in total. The van der Waals surface area contributed by atoms with Gasteiger partial charge in [0.1, 0.15) is 0 Å². The van der Waals surface area contributed by atoms with Gasteiger partial charge in [0.05, 0.1) is 22.8 Å². The molecule has 1 amide bonds. The van der Waals surface area contributed by atoms with Crippen molar-refractivity contribution in [3.8, 4) is 11.3 Å². The van der Waals surface area contributed by atoms with Crippen LogP contribution in [0.5, 0.6) is 0 Å². The van der Waals surface area contributed by atoms with Crippen LogP contribution in [-0.2, 0) is 10.2 Å². The quantitative estimate of drug-likeness (QED) is 0.514. The maximum absolute atomic E-state index is 13.7. The topological polar surface area (TPSA) is 91.6 Å². The van der Waals surface area contributed by atoms with Crippen LogP contribution in [0.25, 0.3) is 22.3 Å². The zero-order valence-electron chi connectivity index (χ0n) is 20.2. The molecule has 1 fully saturated rings. The lowest BCUT2D eigenvalue weighted by atomic mass is 10.1. The Hall–Kier alpha value is -2.82. The SMILES string of the molecule is CCN(CC)S(=O)(=O)N1CCN(C(=O)c2cc(-c3ccccc3)nc3c2cnn3C(C)C)CC1. The number of carbonyl (C=O) groups excluding carboxylic acids is 1. The van der Waals surface area contributed by atoms with Gasteiger partial charge in [0, 0.05) is 50.9 Å². The highest BCUT2D eigenvalue weighted by atomic mass is 32.2. The molecule has 2 aromatic heterocycles. The fourth-order valence-electron chi connectivity index (χ4n) is 4.34. The van der Waals surface area contributed by atoms with Crippen molar-refractivity contribution >= 4 is 27.1 Å². The molecule has 9 nitrogen and oxygen atoms in total. The van der Waals surface area contributed by atoms with E-state index in [0.717, 1.165) is 5.56 Å². The summed E-state index contributed by atoms with van der Waals surface area (Å²) < 4.78 is 30.5. The van der Waals surface area contributed by atoms with Gasteiger partial charge < -0.3 is 4.90 Å². The lowest BCUT2D eigenvalue weighted by Crippen LogP contribution is -2.54. The highest BCUT2D eigenvalue weighted by molar-refractivity contribution is 7.86. The number of piperazine rings is 1. The van der Waals surface area contributed by atoms with E-state index in [1.54, 1.807) is 11.1 Å². The summed E-state index contributed by atoms with van der Waals surface area (Å²) >= 11 is 0. The number of amides is 1. The van der Waals surface area contributed by atoms with Gasteiger partial charge in [-0.15, -0.1) is 0 Å². The van der Waals surface area contributed by atoms with E-state index >= 15 is 0 Å². The lowest BCUT2D eigenvalue weighted by Gasteiger charge is -2.36. The summed E-state index contributed by atoms with van der Waals surface area (Å²) in [4.78, 5) is 20.2. The van der Waals surface area contributed by atoms with Crippen molar-refractivity contribution in [2.24, 2.45) is 0 Å². The Kier molecular flexibility index (Phi) is 7.01. The highest BCUT2D eigenvalue weighted by Crippen LogP contribution is 2.27. The van der Waals surface area contributed by atoms with Gasteiger partial charge >= 0.3 is 0 Å². The van der Waals surface area contributed by atoms with Crippen LogP contribution in [-0.4, -0.2) is 81.9 Å². The molecule has 0 bridgehead atoms. The summed E-state index contributed by atoms with van der Waals surface area (Å²) in [5.74, 6) is -0.132. The summed E-state index contributed by atoms with van der Waals surface area (Å²) in [6.07, 6.45) is 1.70. The predicted octanol–water partition coefficient (Wildman–Crippen LogP) is 3.02. The Balaban J connectivity index is 1.66. The molecule has 1 aliphatic heterocycles. The van der Waals surface area contributed by atoms with Gasteiger partial charge in [-0.3, -0.25) is 4.79 Å². The molecule has 1 saturated heterocycles. The number of benzene rings is 1. The van der Waals surface area contributed by atoms with E-state index in [1.165, 1.54) is 8.61 Å². The fourth-order valence-corrected chi connectivity index (χ4v) is 5.94. The number of pyridine rings is 1. The average molecular weight is 485 g/mol. The minimum absolute atomic E-state index is 0.0906. The minimum Gasteiger partial charge on any atom is -0.336 e. The second-order valence-corrected chi connectivity index (χ2v) is 10.6. The van der Waals surface area contributed by atoms with Crippen LogP contribution in [0.1, 0.15) is 44.1 Å². The van der Waals surface area contributed by atoms with Crippen LogP contribution < -0.4 is 0 Å². The fraction of sp³-hybridized carbons (Fsp3) is 0.458. The van der Waals surface area contributed by atoms with Crippen molar-refractivity contribution in [3.63, 3.8) is 0 Å². The van der Waals surface area contributed by atoms with Crippen LogP contribution in [0.15, 0.2) is 42.6 Å². The third-order valence-electron chi connectivity index (χ3n) is 6.24. The molecule has 10 heteroatoms. The Morgan fingerprint density at radius 1 is 1.06 bits per heavy atom. The second kappa shape index (κ2) is 9.81. The minimum atomic E-state index is -3.52. The van der Waals surface area contributed by atoms with E-state index < -0.39 is 10.2 Å². The number of hydrogen-bond donors (Lipinski definition) is 0. The molecule has 0 aliphatic carbocycles. The van der Waals surface area contributed by atoms with Crippen molar-refractivity contribution in [3.05, 3.63) is 48.2 Å². The zero-order chi connectivity index (χ0) is 24.5. The van der Waals surface area contributed by atoms with Crippen LogP contribution in [0.3, 0.4) is 0 Å². The number of fused-ring (bicyclic) bond motifs is 1. The molecule has 0 spiro atoms. The first-order valence-corrected chi connectivity index (χ1v) is 13.2. The Morgan fingerprint density at radius 3 is 2.29 bits per heavy atom. The molecule has 1 aliphatic rings. The molecular formula is C24H32N6O3S. The summed E-state index contributed by atoms with van der Waals surface area (Å²) in [5, 5.41) is 5.20. The molecule has 0 saturated carbocycles. The first-order valence-electron chi connectivity index (χ1n) is 11.8. The predicted molar refractivity (Wildman–Crippen MR) is 133 cm³/mol. The smallest absolute Gasteiger partial charge is 0.282 e. The van der Waals surface area contributed by atoms with Crippen molar-refractivity contribution in [2.75, 3.05) is 39.3 Å². The second-order valence-electron chi connectivity index (χ2n) is 8.62. The van der Waals surface area contributed by atoms with Gasteiger partial charge in [-0.05, 0) is 19.9 Å². The van der Waals surface area contributed by atoms with Gasteiger partial charge in [-0.1, -0.05) is 44.2 Å². The number of aromatic nitrogens is 3. The van der Waals surface area contributed by atoms with Gasteiger partial charge in [-0.25, -0.2) is 9.67 Å². The summed E-state index contributed by atoms with van der Waals surface area (Å²) in [6, 6.07) is 11.7. The first kappa shape index (κ1) is 24.3. The molecular weight excluding hydrogens is 452 g/mol. The van der Waals surface area contributed by atoms with Crippen molar-refractivity contribution in [2.45, 2.75) is 33.7 Å². The van der Waals surface area contributed by atoms with Crippen LogP contribution in [0, 0.1) is 0 Å². The van der Waals surface area contributed by atoms with E-state index in [-0.39, 0.29) is 25.0 Å². The summed E-state index contributed by atoms with van der Waals surface area (Å²) in [5.41, 5.74) is 2.84. The average Bonchev–Trinajstić information content (AvgIpc) is 3.29. The number of carbonyl (C=O) groups is 1. The van der Waals surface area contributed by atoms with Gasteiger partial charge in [0.25, 0.3) is 16.1 Å². The highest BCUT2D eigenvalue weighted by Gasteiger charge is 2.33. The lowest BCUT2D eigenvalue weighted by molar-refractivity contribution is 0.0696. The molecule has 34 heavy (non-hydrogen) atoms. The van der Waals surface area contributed by atoms with Crippen LogP contribution >= 0.6 is 0 Å². The van der Waals surface area contributed by atoms with Crippen molar-refractivity contribution < 1.29 is 13.2 Å². The molecule has 1 aromatic carbocycles. The van der Waals surface area contributed by atoms with E-state index in [9.17, 15) is 13.2 Å². The van der Waals surface area contributed by atoms with E-state index in [0.29, 0.717) is 48.5 Å². The Labute approximate surface area is 201 Å². The first-order chi connectivity index (χ1) is 16.3.